The van der Waals surface area contributed by atoms with Crippen molar-refractivity contribution in [2.45, 2.75) is 66.0 Å². The fourth-order valence-electron chi connectivity index (χ4n) is 6.03. The van der Waals surface area contributed by atoms with E-state index in [1.807, 2.05) is 36.7 Å². The van der Waals surface area contributed by atoms with Gasteiger partial charge in [-0.25, -0.2) is 0 Å². The van der Waals surface area contributed by atoms with Crippen LogP contribution in [0.5, 0.6) is 11.5 Å². The third-order valence-electron chi connectivity index (χ3n) is 8.12. The maximum Gasteiger partial charge on any atom is 0.124 e. The molecule has 0 spiro atoms. The summed E-state index contributed by atoms with van der Waals surface area (Å²) in [6, 6.07) is 20.4. The van der Waals surface area contributed by atoms with Gasteiger partial charge < -0.3 is 20.8 Å². The highest BCUT2D eigenvalue weighted by molar-refractivity contribution is 5.44. The van der Waals surface area contributed by atoms with Crippen LogP contribution in [0, 0.1) is 13.8 Å². The number of aromatic hydroxyl groups is 2. The standard InChI is InChI=1S/C36H46N6O2/c1-27-17-29-21-37-11-7-12-38-22-30-18-28(2)20-32(36(30)44)24-42(26-34-10-4-6-14-40-34)16-8-15-41(23-31(19-27)35(29)43)25-33-9-3-5-13-39-33/h3-6,9-10,13-14,17-20,37-38,43-44H,7-8,11-12,15-16,21-26H2,1-2H3. The zero-order chi connectivity index (χ0) is 30.7. The van der Waals surface area contributed by atoms with Crippen molar-refractivity contribution in [3.63, 3.8) is 0 Å². The molecule has 1 aliphatic rings. The fourth-order valence-corrected chi connectivity index (χ4v) is 6.03. The molecule has 3 heterocycles. The minimum atomic E-state index is 0.378. The van der Waals surface area contributed by atoms with Crippen LogP contribution >= 0.6 is 0 Å². The van der Waals surface area contributed by atoms with Gasteiger partial charge in [-0.05, 0) is 64.0 Å². The summed E-state index contributed by atoms with van der Waals surface area (Å²) < 4.78 is 0. The monoisotopic (exact) mass is 594 g/mol. The second-order valence-corrected chi connectivity index (χ2v) is 12.0. The molecule has 0 amide bonds. The number of rotatable bonds is 4. The summed E-state index contributed by atoms with van der Waals surface area (Å²) >= 11 is 0. The van der Waals surface area contributed by atoms with Gasteiger partial charge in [-0.3, -0.25) is 19.8 Å². The Morgan fingerprint density at radius 1 is 0.636 bits per heavy atom. The fraction of sp³-hybridized carbons (Fsp3) is 0.389. The molecule has 0 aliphatic carbocycles. The smallest absolute Gasteiger partial charge is 0.124 e. The Hall–Kier alpha value is -3.82. The first kappa shape index (κ1) is 31.6. The molecule has 8 heteroatoms. The lowest BCUT2D eigenvalue weighted by Gasteiger charge is -2.27. The van der Waals surface area contributed by atoms with E-state index in [4.69, 9.17) is 0 Å². The summed E-state index contributed by atoms with van der Waals surface area (Å²) in [7, 11) is 0. The second-order valence-electron chi connectivity index (χ2n) is 12.0. The molecular formula is C36H46N6O2. The van der Waals surface area contributed by atoms with Crippen LogP contribution < -0.4 is 10.6 Å². The third-order valence-corrected chi connectivity index (χ3v) is 8.12. The first-order valence-electron chi connectivity index (χ1n) is 15.7. The molecule has 4 bridgehead atoms. The predicted octanol–water partition coefficient (Wildman–Crippen LogP) is 5.18. The van der Waals surface area contributed by atoms with Crippen molar-refractivity contribution in [3.8, 4) is 11.5 Å². The first-order chi connectivity index (χ1) is 21.4. The molecular weight excluding hydrogens is 548 g/mol. The normalized spacial score (nSPS) is 16.4. The van der Waals surface area contributed by atoms with E-state index in [0.29, 0.717) is 50.8 Å². The first-order valence-corrected chi connectivity index (χ1v) is 15.7. The number of hydrogen-bond acceptors (Lipinski definition) is 8. The highest BCUT2D eigenvalue weighted by Crippen LogP contribution is 2.28. The van der Waals surface area contributed by atoms with E-state index in [-0.39, 0.29) is 0 Å². The molecule has 0 unspecified atom stereocenters. The Morgan fingerprint density at radius 2 is 1.09 bits per heavy atom. The van der Waals surface area contributed by atoms with Crippen molar-refractivity contribution in [1.82, 2.24) is 30.4 Å². The van der Waals surface area contributed by atoms with Crippen LogP contribution in [0.25, 0.3) is 0 Å². The quantitative estimate of drug-likeness (QED) is 0.257. The molecule has 2 aromatic heterocycles. The van der Waals surface area contributed by atoms with Crippen LogP contribution in [0.15, 0.2) is 73.1 Å². The van der Waals surface area contributed by atoms with Crippen molar-refractivity contribution in [2.75, 3.05) is 26.2 Å². The number of phenols is 2. The van der Waals surface area contributed by atoms with Gasteiger partial charge in [-0.15, -0.1) is 0 Å². The van der Waals surface area contributed by atoms with Crippen molar-refractivity contribution >= 4 is 0 Å². The molecule has 0 radical (unpaired) electrons. The van der Waals surface area contributed by atoms with Gasteiger partial charge in [0.2, 0.25) is 0 Å². The number of aryl methyl sites for hydroxylation is 2. The molecule has 2 aromatic carbocycles. The summed E-state index contributed by atoms with van der Waals surface area (Å²) in [6.45, 7) is 11.4. The molecule has 0 saturated carbocycles. The van der Waals surface area contributed by atoms with Gasteiger partial charge in [0.1, 0.15) is 11.5 Å². The van der Waals surface area contributed by atoms with Crippen LogP contribution in [0.3, 0.4) is 0 Å². The molecule has 4 aromatic rings. The summed E-state index contributed by atoms with van der Waals surface area (Å²) in [5.41, 5.74) is 8.05. The topological polar surface area (TPSA) is 96.8 Å². The Morgan fingerprint density at radius 3 is 1.52 bits per heavy atom. The SMILES string of the molecule is Cc1cc2c(O)c(c1)CN(Cc1ccccn1)CCCN(Cc1ccccn1)Cc1cc(C)cc(c1O)CNCCCNC2. The number of fused-ring (bicyclic) bond motifs is 4. The van der Waals surface area contributed by atoms with E-state index in [1.54, 1.807) is 0 Å². The zero-order valence-corrected chi connectivity index (χ0v) is 26.1. The van der Waals surface area contributed by atoms with Crippen molar-refractivity contribution in [2.24, 2.45) is 0 Å². The van der Waals surface area contributed by atoms with Gasteiger partial charge in [-0.1, -0.05) is 47.5 Å². The van der Waals surface area contributed by atoms with Gasteiger partial charge in [0, 0.05) is 87.0 Å². The maximum atomic E-state index is 11.3. The van der Waals surface area contributed by atoms with Crippen LogP contribution in [0.1, 0.15) is 57.6 Å². The largest absolute Gasteiger partial charge is 0.507 e. The minimum Gasteiger partial charge on any atom is -0.507 e. The lowest BCUT2D eigenvalue weighted by molar-refractivity contribution is 0.202. The lowest BCUT2D eigenvalue weighted by Crippen LogP contribution is -2.30. The molecule has 0 saturated heterocycles. The van der Waals surface area contributed by atoms with E-state index >= 15 is 0 Å². The summed E-state index contributed by atoms with van der Waals surface area (Å²) in [4.78, 5) is 13.9. The number of benzene rings is 2. The van der Waals surface area contributed by atoms with Crippen molar-refractivity contribution in [3.05, 3.63) is 118 Å². The minimum absolute atomic E-state index is 0.378. The van der Waals surface area contributed by atoms with Gasteiger partial charge in [0.25, 0.3) is 0 Å². The zero-order valence-electron chi connectivity index (χ0n) is 26.1. The molecule has 4 N–H and O–H groups in total. The van der Waals surface area contributed by atoms with E-state index < -0.39 is 0 Å². The number of pyridine rings is 2. The van der Waals surface area contributed by atoms with E-state index in [9.17, 15) is 10.2 Å². The van der Waals surface area contributed by atoms with Gasteiger partial charge >= 0.3 is 0 Å². The molecule has 1 aliphatic heterocycles. The average molecular weight is 595 g/mol. The number of phenolic OH excluding ortho intramolecular Hbond substituents is 2. The van der Waals surface area contributed by atoms with Gasteiger partial charge in [0.15, 0.2) is 0 Å². The highest BCUT2D eigenvalue weighted by Gasteiger charge is 2.17. The number of nitrogens with one attached hydrogen (secondary N) is 2. The van der Waals surface area contributed by atoms with E-state index in [1.165, 1.54) is 0 Å². The summed E-state index contributed by atoms with van der Waals surface area (Å²) in [6.07, 6.45) is 5.52. The predicted molar refractivity (Wildman–Crippen MR) is 175 cm³/mol. The molecule has 0 fully saturated rings. The van der Waals surface area contributed by atoms with Crippen molar-refractivity contribution < 1.29 is 10.2 Å². The molecule has 8 nitrogen and oxygen atoms in total. The highest BCUT2D eigenvalue weighted by atomic mass is 16.3. The van der Waals surface area contributed by atoms with Crippen LogP contribution in [0.2, 0.25) is 0 Å². The Kier molecular flexibility index (Phi) is 11.3. The number of nitrogens with zero attached hydrogens (tertiary/aromatic N) is 4. The second kappa shape index (κ2) is 15.8. The molecule has 0 atom stereocenters. The molecule has 5 rings (SSSR count). The van der Waals surface area contributed by atoms with E-state index in [2.05, 4.69) is 80.6 Å². The van der Waals surface area contributed by atoms with Crippen LogP contribution in [-0.2, 0) is 39.3 Å². The van der Waals surface area contributed by atoms with Gasteiger partial charge in [0.05, 0.1) is 11.4 Å². The van der Waals surface area contributed by atoms with Crippen LogP contribution in [-0.4, -0.2) is 56.2 Å². The number of aromatic nitrogens is 2. The third kappa shape index (κ3) is 9.09. The Balaban J connectivity index is 1.43. The Labute approximate surface area is 261 Å². The summed E-state index contributed by atoms with van der Waals surface area (Å²) in [5.74, 6) is 0.755. The van der Waals surface area contributed by atoms with Crippen LogP contribution in [0.4, 0.5) is 0 Å². The van der Waals surface area contributed by atoms with E-state index in [0.717, 1.165) is 83.8 Å². The van der Waals surface area contributed by atoms with Crippen molar-refractivity contribution in [1.29, 1.82) is 0 Å². The Bertz CT molecular complexity index is 1370. The molecule has 44 heavy (non-hydrogen) atoms. The van der Waals surface area contributed by atoms with Gasteiger partial charge in [-0.2, -0.15) is 0 Å². The maximum absolute atomic E-state index is 11.3. The number of hydrogen-bond donors (Lipinski definition) is 4. The summed E-state index contributed by atoms with van der Waals surface area (Å²) in [5, 5.41) is 29.6. The molecule has 232 valence electrons. The lowest BCUT2D eigenvalue weighted by atomic mass is 10.0. The average Bonchev–Trinajstić information content (AvgIpc) is 3.01.